The van der Waals surface area contributed by atoms with Crippen LogP contribution in [0.5, 0.6) is 0 Å². The molecule has 5 heteroatoms. The van der Waals surface area contributed by atoms with Crippen molar-refractivity contribution >= 4 is 38.8 Å². The molecule has 3 aromatic rings. The quantitative estimate of drug-likeness (QED) is 0.705. The number of nitrogens with zero attached hydrogens (tertiary/aromatic N) is 2. The minimum absolute atomic E-state index is 0.202. The molecule has 1 aromatic carbocycles. The van der Waals surface area contributed by atoms with Crippen molar-refractivity contribution in [3.63, 3.8) is 0 Å². The van der Waals surface area contributed by atoms with Crippen LogP contribution in [0.3, 0.4) is 0 Å². The van der Waals surface area contributed by atoms with E-state index in [9.17, 15) is 4.79 Å². The van der Waals surface area contributed by atoms with Crippen molar-refractivity contribution in [1.29, 1.82) is 0 Å². The highest BCUT2D eigenvalue weighted by atomic mass is 32.1. The molecule has 0 aliphatic carbocycles. The van der Waals surface area contributed by atoms with Gasteiger partial charge in [0.05, 0.1) is 21.3 Å². The van der Waals surface area contributed by atoms with Crippen molar-refractivity contribution in [3.05, 3.63) is 51.2 Å². The van der Waals surface area contributed by atoms with E-state index in [1.807, 2.05) is 34.4 Å². The molecule has 1 amide bonds. The van der Waals surface area contributed by atoms with Crippen LogP contribution in [0, 0.1) is 0 Å². The maximum atomic E-state index is 12.6. The number of carbonyl (C=O) groups is 1. The first-order chi connectivity index (χ1) is 11.2. The van der Waals surface area contributed by atoms with E-state index in [1.54, 1.807) is 11.3 Å². The fourth-order valence-electron chi connectivity index (χ4n) is 3.23. The second kappa shape index (κ2) is 6.06. The number of amides is 1. The lowest BCUT2D eigenvalue weighted by molar-refractivity contribution is -0.133. The summed E-state index contributed by atoms with van der Waals surface area (Å²) in [5, 5.41) is 3.19. The fraction of sp³-hybridized carbons (Fsp3) is 0.333. The van der Waals surface area contributed by atoms with Crippen LogP contribution in [0.4, 0.5) is 0 Å². The third-order valence-corrected chi connectivity index (χ3v) is 6.58. The predicted octanol–water partition coefficient (Wildman–Crippen LogP) is 4.44. The molecule has 0 spiro atoms. The molecule has 0 radical (unpaired) electrons. The van der Waals surface area contributed by atoms with E-state index in [1.165, 1.54) is 15.1 Å². The van der Waals surface area contributed by atoms with Crippen molar-refractivity contribution < 1.29 is 4.79 Å². The number of thiophene rings is 1. The van der Waals surface area contributed by atoms with Crippen molar-refractivity contribution in [1.82, 2.24) is 9.88 Å². The van der Waals surface area contributed by atoms with Crippen molar-refractivity contribution in [2.75, 3.05) is 6.54 Å². The van der Waals surface area contributed by atoms with Crippen LogP contribution < -0.4 is 0 Å². The lowest BCUT2D eigenvalue weighted by atomic mass is 10.0. The Bertz CT molecular complexity index is 818. The Morgan fingerprint density at radius 3 is 3.09 bits per heavy atom. The summed E-state index contributed by atoms with van der Waals surface area (Å²) in [4.78, 5) is 20.7. The molecule has 1 aliphatic heterocycles. The molecular formula is C18H18N2OS2. The maximum absolute atomic E-state index is 12.6. The summed E-state index contributed by atoms with van der Waals surface area (Å²) in [6.07, 6.45) is 2.27. The van der Waals surface area contributed by atoms with Crippen LogP contribution in [0.15, 0.2) is 35.7 Å². The Hall–Kier alpha value is -1.72. The fourth-order valence-corrected chi connectivity index (χ4v) is 5.16. The van der Waals surface area contributed by atoms with Gasteiger partial charge < -0.3 is 4.90 Å². The summed E-state index contributed by atoms with van der Waals surface area (Å²) in [5.74, 6) is 0.244. The molecule has 1 aliphatic rings. The van der Waals surface area contributed by atoms with Crippen molar-refractivity contribution in [2.45, 2.75) is 32.2 Å². The minimum Gasteiger partial charge on any atom is -0.336 e. The minimum atomic E-state index is 0.202. The summed E-state index contributed by atoms with van der Waals surface area (Å²) >= 11 is 3.51. The number of rotatable bonds is 3. The summed E-state index contributed by atoms with van der Waals surface area (Å²) < 4.78 is 1.20. The molecule has 0 bridgehead atoms. The molecule has 0 saturated carbocycles. The monoisotopic (exact) mass is 342 g/mol. The van der Waals surface area contributed by atoms with Gasteiger partial charge in [0.2, 0.25) is 5.91 Å². The summed E-state index contributed by atoms with van der Waals surface area (Å²) in [7, 11) is 0. The third-order valence-electron chi connectivity index (χ3n) is 4.49. The first-order valence-corrected chi connectivity index (χ1v) is 9.62. The molecule has 0 saturated heterocycles. The van der Waals surface area contributed by atoms with Gasteiger partial charge in [0.25, 0.3) is 0 Å². The Kier molecular flexibility index (Phi) is 3.91. The second-order valence-corrected chi connectivity index (χ2v) is 8.00. The Morgan fingerprint density at radius 2 is 2.22 bits per heavy atom. The normalized spacial score (nSPS) is 17.4. The third kappa shape index (κ3) is 2.79. The van der Waals surface area contributed by atoms with Crippen LogP contribution in [-0.2, 0) is 17.6 Å². The second-order valence-electron chi connectivity index (χ2n) is 5.89. The first kappa shape index (κ1) is 14.8. The molecular weight excluding hydrogens is 324 g/mol. The van der Waals surface area contributed by atoms with Gasteiger partial charge in [-0.2, -0.15) is 0 Å². The number of hydrogen-bond acceptors (Lipinski definition) is 4. The average molecular weight is 342 g/mol. The van der Waals surface area contributed by atoms with E-state index in [4.69, 9.17) is 0 Å². The number of aryl methyl sites for hydroxylation is 1. The zero-order valence-electron chi connectivity index (χ0n) is 13.0. The van der Waals surface area contributed by atoms with Crippen LogP contribution in [0.1, 0.15) is 34.8 Å². The van der Waals surface area contributed by atoms with Gasteiger partial charge in [-0.3, -0.25) is 4.79 Å². The molecule has 2 aromatic heterocycles. The van der Waals surface area contributed by atoms with Crippen molar-refractivity contribution in [2.24, 2.45) is 0 Å². The highest BCUT2D eigenvalue weighted by Gasteiger charge is 2.28. The van der Waals surface area contributed by atoms with Gasteiger partial charge in [-0.15, -0.1) is 22.7 Å². The van der Waals surface area contributed by atoms with Gasteiger partial charge in [-0.1, -0.05) is 12.1 Å². The highest BCUT2D eigenvalue weighted by Crippen LogP contribution is 2.33. The molecule has 3 nitrogen and oxygen atoms in total. The number of thiazole rings is 1. The smallest absolute Gasteiger partial charge is 0.223 e. The summed E-state index contributed by atoms with van der Waals surface area (Å²) in [6.45, 7) is 2.98. The number of carbonyl (C=O) groups excluding carboxylic acids is 1. The van der Waals surface area contributed by atoms with Gasteiger partial charge >= 0.3 is 0 Å². The van der Waals surface area contributed by atoms with E-state index in [0.29, 0.717) is 6.42 Å². The number of fused-ring (bicyclic) bond motifs is 2. The van der Waals surface area contributed by atoms with E-state index in [0.717, 1.165) is 29.9 Å². The lowest BCUT2D eigenvalue weighted by Crippen LogP contribution is -2.38. The number of hydrogen-bond donors (Lipinski definition) is 0. The Morgan fingerprint density at radius 1 is 1.35 bits per heavy atom. The van der Waals surface area contributed by atoms with E-state index < -0.39 is 0 Å². The average Bonchev–Trinajstić information content (AvgIpc) is 3.19. The van der Waals surface area contributed by atoms with Crippen LogP contribution in [0.2, 0.25) is 0 Å². The largest absolute Gasteiger partial charge is 0.336 e. The first-order valence-electron chi connectivity index (χ1n) is 7.92. The van der Waals surface area contributed by atoms with E-state index in [2.05, 4.69) is 29.4 Å². The van der Waals surface area contributed by atoms with Gasteiger partial charge in [0, 0.05) is 24.3 Å². The number of para-hydroxylation sites is 1. The predicted molar refractivity (Wildman–Crippen MR) is 96.1 cm³/mol. The van der Waals surface area contributed by atoms with E-state index in [-0.39, 0.29) is 11.9 Å². The molecule has 118 valence electrons. The maximum Gasteiger partial charge on any atom is 0.223 e. The topological polar surface area (TPSA) is 33.2 Å². The van der Waals surface area contributed by atoms with Gasteiger partial charge in [-0.05, 0) is 42.5 Å². The molecule has 4 rings (SSSR count). The molecule has 1 atom stereocenters. The Labute approximate surface area is 143 Å². The lowest BCUT2D eigenvalue weighted by Gasteiger charge is -2.33. The Balaban J connectivity index is 1.44. The van der Waals surface area contributed by atoms with Gasteiger partial charge in [0.1, 0.15) is 0 Å². The highest BCUT2D eigenvalue weighted by molar-refractivity contribution is 7.18. The molecule has 23 heavy (non-hydrogen) atoms. The molecule has 0 unspecified atom stereocenters. The van der Waals surface area contributed by atoms with Crippen LogP contribution >= 0.6 is 22.7 Å². The van der Waals surface area contributed by atoms with E-state index >= 15 is 0 Å². The van der Waals surface area contributed by atoms with Crippen molar-refractivity contribution in [3.8, 4) is 0 Å². The van der Waals surface area contributed by atoms with Crippen LogP contribution in [-0.4, -0.2) is 22.3 Å². The van der Waals surface area contributed by atoms with Gasteiger partial charge in [-0.25, -0.2) is 4.98 Å². The molecule has 3 heterocycles. The standard InChI is InChI=1S/C18H18N2OS2/c1-12-13-9-11-22-15(13)8-10-20(12)18(21)7-6-17-19-14-4-2-3-5-16(14)23-17/h2-5,9,11-12H,6-8,10H2,1H3/t12-/m1/s1. The number of aromatic nitrogens is 1. The molecule has 0 fully saturated rings. The van der Waals surface area contributed by atoms with Gasteiger partial charge in [0.15, 0.2) is 0 Å². The van der Waals surface area contributed by atoms with Crippen LogP contribution in [0.25, 0.3) is 10.2 Å². The summed E-state index contributed by atoms with van der Waals surface area (Å²) in [6, 6.07) is 10.5. The SMILES string of the molecule is C[C@@H]1c2ccsc2CCN1C(=O)CCc1nc2ccccc2s1. The molecule has 0 N–H and O–H groups in total. The zero-order chi connectivity index (χ0) is 15.8. The number of benzene rings is 1. The summed E-state index contributed by atoms with van der Waals surface area (Å²) in [5.41, 5.74) is 2.36. The zero-order valence-corrected chi connectivity index (χ0v) is 14.6.